The summed E-state index contributed by atoms with van der Waals surface area (Å²) < 4.78 is 60.7. The van der Waals surface area contributed by atoms with Gasteiger partial charge in [-0.05, 0) is 114 Å². The van der Waals surface area contributed by atoms with Crippen LogP contribution in [-0.2, 0) is 37.4 Å². The fourth-order valence-electron chi connectivity index (χ4n) is 14.6. The molecule has 0 radical (unpaired) electrons. The van der Waals surface area contributed by atoms with Gasteiger partial charge in [0, 0.05) is 82.5 Å². The van der Waals surface area contributed by atoms with Gasteiger partial charge in [-0.2, -0.15) is 9.97 Å². The zero-order valence-corrected chi connectivity index (χ0v) is 48.5. The third-order valence-corrected chi connectivity index (χ3v) is 18.8. The molecule has 7 aliphatic rings. The maximum Gasteiger partial charge on any atom is 0.410 e. The number of nitrogens with one attached hydrogen (secondary N) is 1. The summed E-state index contributed by atoms with van der Waals surface area (Å²) in [6.07, 6.45) is 13.8. The molecule has 7 aliphatic heterocycles. The molecule has 5 atom stereocenters. The molecular formula is C63H71F2N11O9. The first-order chi connectivity index (χ1) is 40.9. The van der Waals surface area contributed by atoms with E-state index >= 15 is 8.78 Å². The van der Waals surface area contributed by atoms with Crippen molar-refractivity contribution in [3.8, 4) is 29.6 Å². The van der Waals surface area contributed by atoms with E-state index in [4.69, 9.17) is 35.3 Å². The lowest BCUT2D eigenvalue weighted by atomic mass is 9.95. The molecule has 6 aromatic rings. The van der Waals surface area contributed by atoms with Crippen molar-refractivity contribution in [2.45, 2.75) is 133 Å². The Morgan fingerprint density at radius 3 is 2.41 bits per heavy atom. The number of piperazine rings is 1. The van der Waals surface area contributed by atoms with E-state index in [2.05, 4.69) is 30.9 Å². The van der Waals surface area contributed by atoms with Crippen LogP contribution >= 0.6 is 0 Å². The van der Waals surface area contributed by atoms with Crippen LogP contribution in [0, 0.1) is 29.9 Å². The number of imide groups is 1. The summed E-state index contributed by atoms with van der Waals surface area (Å²) in [5, 5.41) is 3.74. The Bertz CT molecular complexity index is 3760. The number of benzene rings is 3. The molecule has 446 valence electrons. The van der Waals surface area contributed by atoms with Crippen LogP contribution in [0.4, 0.5) is 24.2 Å². The number of ether oxygens (including phenoxy) is 4. The fraction of sp³-hybridized carbons (Fsp3) is 0.524. The third kappa shape index (κ3) is 10.5. The molecule has 0 spiro atoms. The number of pyridine rings is 1. The first-order valence-electron chi connectivity index (χ1n) is 29.9. The highest BCUT2D eigenvalue weighted by Crippen LogP contribution is 2.44. The quantitative estimate of drug-likeness (QED) is 0.0883. The lowest BCUT2D eigenvalue weighted by Crippen LogP contribution is -2.57. The van der Waals surface area contributed by atoms with Gasteiger partial charge in [0.25, 0.3) is 0 Å². The molecule has 0 saturated carbocycles. The Hall–Kier alpha value is -7.74. The number of halogens is 2. The first kappa shape index (κ1) is 56.4. The number of fused-ring (bicyclic) bond motifs is 6. The maximum absolute atomic E-state index is 17.5. The van der Waals surface area contributed by atoms with Crippen LogP contribution in [0.5, 0.6) is 6.01 Å². The molecule has 85 heavy (non-hydrogen) atoms. The summed E-state index contributed by atoms with van der Waals surface area (Å²) in [7, 11) is 1.72. The first-order valence-corrected chi connectivity index (χ1v) is 29.9. The van der Waals surface area contributed by atoms with Crippen molar-refractivity contribution >= 4 is 62.5 Å². The fourth-order valence-corrected chi connectivity index (χ4v) is 14.6. The molecular weight excluding hydrogens is 1090 g/mol. The predicted molar refractivity (Wildman–Crippen MR) is 312 cm³/mol. The van der Waals surface area contributed by atoms with Gasteiger partial charge >= 0.3 is 23.9 Å². The van der Waals surface area contributed by atoms with Crippen LogP contribution in [0.25, 0.3) is 44.0 Å². The van der Waals surface area contributed by atoms with Gasteiger partial charge in [0.1, 0.15) is 47.7 Å². The van der Waals surface area contributed by atoms with Gasteiger partial charge in [0.05, 0.1) is 52.3 Å². The van der Waals surface area contributed by atoms with E-state index in [-0.39, 0.29) is 102 Å². The number of nitrogens with zero attached hydrogens (tertiary/aromatic N) is 10. The van der Waals surface area contributed by atoms with Crippen molar-refractivity contribution < 1.29 is 46.9 Å². The molecule has 4 amide bonds. The van der Waals surface area contributed by atoms with Crippen molar-refractivity contribution in [2.75, 3.05) is 70.5 Å². The molecule has 0 aliphatic carbocycles. The highest BCUT2D eigenvalue weighted by Gasteiger charge is 2.51. The molecule has 7 saturated heterocycles. The average molecular weight is 1160 g/mol. The van der Waals surface area contributed by atoms with Crippen molar-refractivity contribution in [1.82, 2.24) is 49.0 Å². The number of carbonyl (C=O) groups is 4. The second-order valence-corrected chi connectivity index (χ2v) is 25.3. The van der Waals surface area contributed by atoms with E-state index in [1.54, 1.807) is 47.0 Å². The molecule has 10 heterocycles. The van der Waals surface area contributed by atoms with Crippen LogP contribution in [0.1, 0.15) is 102 Å². The normalized spacial score (nSPS) is 24.1. The van der Waals surface area contributed by atoms with Crippen molar-refractivity contribution in [3.05, 3.63) is 88.0 Å². The zero-order chi connectivity index (χ0) is 59.1. The van der Waals surface area contributed by atoms with Gasteiger partial charge in [0.2, 0.25) is 11.8 Å². The number of hydrogen-bond acceptors (Lipinski definition) is 15. The molecule has 7 fully saturated rings. The molecule has 2 bridgehead atoms. The Morgan fingerprint density at radius 1 is 0.882 bits per heavy atom. The number of terminal acetylenes is 1. The Labute approximate surface area is 490 Å². The molecule has 13 rings (SSSR count). The van der Waals surface area contributed by atoms with E-state index in [1.165, 1.54) is 10.6 Å². The van der Waals surface area contributed by atoms with E-state index in [9.17, 15) is 24.0 Å². The molecule has 20 nitrogen and oxygen atoms in total. The van der Waals surface area contributed by atoms with Gasteiger partial charge in [-0.3, -0.25) is 43.7 Å². The van der Waals surface area contributed by atoms with E-state index in [0.717, 1.165) is 82.1 Å². The summed E-state index contributed by atoms with van der Waals surface area (Å²) in [4.78, 5) is 89.9. The summed E-state index contributed by atoms with van der Waals surface area (Å²) >= 11 is 0. The summed E-state index contributed by atoms with van der Waals surface area (Å²) in [5.41, 5.74) is 1.38. The van der Waals surface area contributed by atoms with Gasteiger partial charge in [-0.25, -0.2) is 23.2 Å². The number of piperidine rings is 2. The number of anilines is 1. The number of rotatable bonds is 13. The maximum atomic E-state index is 17.5. The highest BCUT2D eigenvalue weighted by atomic mass is 19.1. The molecule has 22 heteroatoms. The number of para-hydroxylation sites is 1. The summed E-state index contributed by atoms with van der Waals surface area (Å²) in [5.74, 6) is 1.10. The van der Waals surface area contributed by atoms with Crippen molar-refractivity contribution in [1.29, 1.82) is 0 Å². The Kier molecular flexibility index (Phi) is 14.8. The van der Waals surface area contributed by atoms with Gasteiger partial charge in [-0.15, -0.1) is 6.42 Å². The second-order valence-electron chi connectivity index (χ2n) is 25.3. The van der Waals surface area contributed by atoms with Gasteiger partial charge < -0.3 is 28.7 Å². The Morgan fingerprint density at radius 2 is 1.66 bits per heavy atom. The number of aryl methyl sites for hydroxylation is 1. The lowest BCUT2D eigenvalue weighted by molar-refractivity contribution is -0.135. The lowest BCUT2D eigenvalue weighted by Gasteiger charge is -2.42. The monoisotopic (exact) mass is 1160 g/mol. The number of amides is 4. The number of imidazole rings is 1. The standard InChI is InChI=1S/C63H71F2N11O9/c1-6-44-47(64)17-14-38-10-7-12-45(51(38)44)53-52(65)54-46(28-66-53)56(73-30-40-15-16-41(31-73)75(40)61(81)85-62(2,3)4)69-58(68-54)84-36-63-23-9-25-74(63)42(20-24-63)35-83-60(80)72-26-21-37(22-27-72)34-82-43-32-71(33-43)29-39-11-8-13-48-55(39)70(5)59(79)76(48)49-18-19-50(77)67-57(49)78/h1,7-8,10-14,17,28,37,40-43,49H,9,15-16,18-27,29-36H2,2-5H3,(H,67,77,78)/t40?,41?,42-,49?,63-/m0/s1. The van der Waals surface area contributed by atoms with Crippen molar-refractivity contribution in [2.24, 2.45) is 13.0 Å². The van der Waals surface area contributed by atoms with Crippen LogP contribution in [0.2, 0.25) is 0 Å². The number of carbonyl (C=O) groups excluding carboxylic acids is 4. The molecule has 1 N–H and O–H groups in total. The SMILES string of the molecule is C#Cc1c(F)ccc2cccc(-c3ncc4c(N5CC6CCC(C5)N6C(=O)OC(C)(C)C)nc(OC[C@@]56CCCN5[C@H](COC(=O)N5CCC(COC7CN(Cc8cccc9c8n(C)c(=O)n9C8CCC(=O)NC8=O)C7)CC5)CC6)nc4c3F)c12. The van der Waals surface area contributed by atoms with E-state index in [0.29, 0.717) is 78.3 Å². The number of hydrogen-bond donors (Lipinski definition) is 1. The summed E-state index contributed by atoms with van der Waals surface area (Å²) in [6.45, 7) is 11.6. The summed E-state index contributed by atoms with van der Waals surface area (Å²) in [6, 6.07) is 12.8. The topological polar surface area (TPSA) is 199 Å². The smallest absolute Gasteiger partial charge is 0.410 e. The Balaban J connectivity index is 0.632. The van der Waals surface area contributed by atoms with Crippen LogP contribution < -0.4 is 20.6 Å². The van der Waals surface area contributed by atoms with E-state index < -0.39 is 29.2 Å². The van der Waals surface area contributed by atoms with Gasteiger partial charge in [0.15, 0.2) is 5.82 Å². The average Bonchev–Trinajstić information content (AvgIpc) is 3.67. The van der Waals surface area contributed by atoms with Crippen LogP contribution in [-0.4, -0.2) is 169 Å². The van der Waals surface area contributed by atoms with Gasteiger partial charge in [-0.1, -0.05) is 42.3 Å². The van der Waals surface area contributed by atoms with Crippen molar-refractivity contribution in [3.63, 3.8) is 0 Å². The minimum atomic E-state index is -0.738. The molecule has 3 unspecified atom stereocenters. The minimum absolute atomic E-state index is 0.00481. The van der Waals surface area contributed by atoms with E-state index in [1.807, 2.05) is 43.9 Å². The molecule has 3 aromatic carbocycles. The second kappa shape index (κ2) is 22.3. The third-order valence-electron chi connectivity index (χ3n) is 18.8. The number of aromatic nitrogens is 5. The van der Waals surface area contributed by atoms with Crippen LogP contribution in [0.3, 0.4) is 0 Å². The highest BCUT2D eigenvalue weighted by molar-refractivity contribution is 6.02. The molecule has 3 aromatic heterocycles. The number of likely N-dealkylation sites (tertiary alicyclic amines) is 2. The van der Waals surface area contributed by atoms with Crippen LogP contribution in [0.15, 0.2) is 59.5 Å². The largest absolute Gasteiger partial charge is 0.461 e. The predicted octanol–water partition coefficient (Wildman–Crippen LogP) is 7.45. The minimum Gasteiger partial charge on any atom is -0.461 e. The zero-order valence-electron chi connectivity index (χ0n) is 48.5.